The molecule has 0 spiro atoms. The number of aromatic nitrogens is 4. The first-order valence-corrected chi connectivity index (χ1v) is 9.12. The lowest BCUT2D eigenvalue weighted by Gasteiger charge is -2.11. The van der Waals surface area contributed by atoms with Crippen molar-refractivity contribution in [2.75, 3.05) is 7.11 Å². The van der Waals surface area contributed by atoms with Crippen molar-refractivity contribution in [1.29, 1.82) is 0 Å². The molecule has 0 aliphatic carbocycles. The number of halogens is 1. The highest BCUT2D eigenvalue weighted by Crippen LogP contribution is 2.31. The van der Waals surface area contributed by atoms with Crippen LogP contribution in [0.25, 0.3) is 22.6 Å². The number of methoxy groups -OCH3 is 1. The van der Waals surface area contributed by atoms with E-state index in [9.17, 15) is 9.18 Å². The molecule has 150 valence electrons. The zero-order valence-corrected chi connectivity index (χ0v) is 16.1. The first-order valence-electron chi connectivity index (χ1n) is 9.12. The van der Waals surface area contributed by atoms with E-state index in [4.69, 9.17) is 10.5 Å². The average molecular weight is 403 g/mol. The smallest absolute Gasteiger partial charge is 0.316 e. The van der Waals surface area contributed by atoms with Crippen LogP contribution < -0.4 is 10.5 Å². The van der Waals surface area contributed by atoms with Gasteiger partial charge in [-0.2, -0.15) is 4.98 Å². The van der Waals surface area contributed by atoms with Gasteiger partial charge in [0.25, 0.3) is 0 Å². The molecule has 0 aliphatic heterocycles. The standard InChI is InChI=1S/C22H18FN5O2/c1-30-22-25-11-10-18(27-22)20-19(15-6-8-17(23)9-7-15)26-13-28(20)12-14-2-4-16(5-3-14)21(24)29/h2-11,13H,12H2,1H3,(H2,24,29). The van der Waals surface area contributed by atoms with Gasteiger partial charge in [-0.3, -0.25) is 4.79 Å². The monoisotopic (exact) mass is 403 g/mol. The van der Waals surface area contributed by atoms with Crippen LogP contribution in [0.3, 0.4) is 0 Å². The van der Waals surface area contributed by atoms with E-state index in [1.807, 2.05) is 16.7 Å². The fourth-order valence-electron chi connectivity index (χ4n) is 3.13. The molecule has 2 aromatic carbocycles. The molecule has 0 bridgehead atoms. The molecule has 2 heterocycles. The summed E-state index contributed by atoms with van der Waals surface area (Å²) in [7, 11) is 1.50. The van der Waals surface area contributed by atoms with E-state index in [0.717, 1.165) is 16.8 Å². The lowest BCUT2D eigenvalue weighted by Crippen LogP contribution is -2.11. The number of imidazole rings is 1. The van der Waals surface area contributed by atoms with Crippen LogP contribution >= 0.6 is 0 Å². The number of amides is 1. The number of carbonyl (C=O) groups is 1. The van der Waals surface area contributed by atoms with Crippen molar-refractivity contribution in [1.82, 2.24) is 19.5 Å². The van der Waals surface area contributed by atoms with Crippen molar-refractivity contribution in [3.8, 4) is 28.7 Å². The maximum absolute atomic E-state index is 13.4. The van der Waals surface area contributed by atoms with Gasteiger partial charge in [-0.15, -0.1) is 0 Å². The molecule has 0 unspecified atom stereocenters. The number of rotatable bonds is 6. The van der Waals surface area contributed by atoms with Crippen molar-refractivity contribution in [2.45, 2.75) is 6.54 Å². The van der Waals surface area contributed by atoms with Crippen molar-refractivity contribution in [3.05, 3.63) is 84.1 Å². The van der Waals surface area contributed by atoms with Gasteiger partial charge in [0.1, 0.15) is 5.82 Å². The van der Waals surface area contributed by atoms with Gasteiger partial charge >= 0.3 is 6.01 Å². The summed E-state index contributed by atoms with van der Waals surface area (Å²) in [6.07, 6.45) is 3.30. The Kier molecular flexibility index (Phi) is 5.21. The molecular weight excluding hydrogens is 385 g/mol. The molecule has 2 aromatic heterocycles. The van der Waals surface area contributed by atoms with E-state index in [0.29, 0.717) is 23.5 Å². The van der Waals surface area contributed by atoms with E-state index >= 15 is 0 Å². The van der Waals surface area contributed by atoms with Gasteiger partial charge in [0, 0.05) is 23.9 Å². The van der Waals surface area contributed by atoms with Crippen LogP contribution in [0.2, 0.25) is 0 Å². The highest BCUT2D eigenvalue weighted by atomic mass is 19.1. The van der Waals surface area contributed by atoms with Crippen LogP contribution in [0.5, 0.6) is 6.01 Å². The van der Waals surface area contributed by atoms with Gasteiger partial charge in [0.15, 0.2) is 0 Å². The quantitative estimate of drug-likeness (QED) is 0.533. The van der Waals surface area contributed by atoms with Crippen LogP contribution in [0.15, 0.2) is 67.1 Å². The van der Waals surface area contributed by atoms with E-state index in [1.165, 1.54) is 19.2 Å². The molecule has 8 heteroatoms. The van der Waals surface area contributed by atoms with Gasteiger partial charge in [0.05, 0.1) is 30.5 Å². The molecule has 0 saturated carbocycles. The summed E-state index contributed by atoms with van der Waals surface area (Å²) < 4.78 is 20.5. The summed E-state index contributed by atoms with van der Waals surface area (Å²) in [5.41, 5.74) is 9.48. The zero-order chi connectivity index (χ0) is 21.1. The second-order valence-electron chi connectivity index (χ2n) is 6.57. The summed E-state index contributed by atoms with van der Waals surface area (Å²) in [5, 5.41) is 0. The lowest BCUT2D eigenvalue weighted by atomic mass is 10.1. The highest BCUT2D eigenvalue weighted by molar-refractivity contribution is 5.92. The van der Waals surface area contributed by atoms with Crippen LogP contribution in [-0.2, 0) is 6.54 Å². The van der Waals surface area contributed by atoms with Crippen molar-refractivity contribution < 1.29 is 13.9 Å². The van der Waals surface area contributed by atoms with Crippen molar-refractivity contribution >= 4 is 5.91 Å². The number of hydrogen-bond donors (Lipinski definition) is 1. The Morgan fingerprint density at radius 1 is 1.07 bits per heavy atom. The third-order valence-corrected chi connectivity index (χ3v) is 4.61. The predicted octanol–water partition coefficient (Wildman–Crippen LogP) is 3.30. The molecule has 4 aromatic rings. The van der Waals surface area contributed by atoms with Gasteiger partial charge in [-0.1, -0.05) is 12.1 Å². The topological polar surface area (TPSA) is 95.9 Å². The Morgan fingerprint density at radius 2 is 1.80 bits per heavy atom. The first kappa shape index (κ1) is 19.3. The second-order valence-corrected chi connectivity index (χ2v) is 6.57. The Bertz CT molecular complexity index is 1190. The van der Waals surface area contributed by atoms with Gasteiger partial charge in [-0.05, 0) is 48.0 Å². The maximum atomic E-state index is 13.4. The lowest BCUT2D eigenvalue weighted by molar-refractivity contribution is 0.100. The SMILES string of the molecule is COc1nccc(-c2c(-c3ccc(F)cc3)ncn2Cc2ccc(C(N)=O)cc2)n1. The Hall–Kier alpha value is -4.07. The molecule has 0 saturated heterocycles. The van der Waals surface area contributed by atoms with Gasteiger partial charge < -0.3 is 15.0 Å². The number of nitrogens with zero attached hydrogens (tertiary/aromatic N) is 4. The van der Waals surface area contributed by atoms with E-state index in [1.54, 1.807) is 42.9 Å². The Balaban J connectivity index is 1.80. The summed E-state index contributed by atoms with van der Waals surface area (Å²) >= 11 is 0. The fraction of sp³-hybridized carbons (Fsp3) is 0.0909. The number of ether oxygens (including phenoxy) is 1. The van der Waals surface area contributed by atoms with Gasteiger partial charge in [0.2, 0.25) is 5.91 Å². The number of nitrogens with two attached hydrogens (primary N) is 1. The number of hydrogen-bond acceptors (Lipinski definition) is 5. The third-order valence-electron chi connectivity index (χ3n) is 4.61. The summed E-state index contributed by atoms with van der Waals surface area (Å²) in [4.78, 5) is 24.4. The molecule has 7 nitrogen and oxygen atoms in total. The van der Waals surface area contributed by atoms with E-state index < -0.39 is 5.91 Å². The molecule has 30 heavy (non-hydrogen) atoms. The fourth-order valence-corrected chi connectivity index (χ4v) is 3.13. The van der Waals surface area contributed by atoms with E-state index in [2.05, 4.69) is 15.0 Å². The molecular formula is C22H18FN5O2. The number of benzene rings is 2. The van der Waals surface area contributed by atoms with Crippen molar-refractivity contribution in [2.24, 2.45) is 5.73 Å². The van der Waals surface area contributed by atoms with Crippen LogP contribution in [0, 0.1) is 5.82 Å². The normalized spacial score (nSPS) is 10.7. The summed E-state index contributed by atoms with van der Waals surface area (Å²) in [6.45, 7) is 0.481. The van der Waals surface area contributed by atoms with Crippen LogP contribution in [-0.4, -0.2) is 32.5 Å². The first-order chi connectivity index (χ1) is 14.5. The third kappa shape index (κ3) is 3.88. The Morgan fingerprint density at radius 3 is 2.47 bits per heavy atom. The van der Waals surface area contributed by atoms with Gasteiger partial charge in [-0.25, -0.2) is 14.4 Å². The Labute approximate surface area is 172 Å². The van der Waals surface area contributed by atoms with E-state index in [-0.39, 0.29) is 11.8 Å². The predicted molar refractivity (Wildman–Crippen MR) is 109 cm³/mol. The average Bonchev–Trinajstić information content (AvgIpc) is 3.18. The molecule has 0 aliphatic rings. The van der Waals surface area contributed by atoms with Crippen LogP contribution in [0.4, 0.5) is 4.39 Å². The van der Waals surface area contributed by atoms with Crippen LogP contribution in [0.1, 0.15) is 15.9 Å². The largest absolute Gasteiger partial charge is 0.467 e. The zero-order valence-electron chi connectivity index (χ0n) is 16.1. The minimum absolute atomic E-state index is 0.233. The molecule has 2 N–H and O–H groups in total. The van der Waals surface area contributed by atoms with Crippen molar-refractivity contribution in [3.63, 3.8) is 0 Å². The molecule has 0 radical (unpaired) electrons. The highest BCUT2D eigenvalue weighted by Gasteiger charge is 2.17. The summed E-state index contributed by atoms with van der Waals surface area (Å²) in [5.74, 6) is -0.797. The number of carbonyl (C=O) groups excluding carboxylic acids is 1. The maximum Gasteiger partial charge on any atom is 0.316 e. The molecule has 4 rings (SSSR count). The minimum atomic E-state index is -0.475. The summed E-state index contributed by atoms with van der Waals surface area (Å²) in [6, 6.07) is 15.2. The molecule has 0 atom stereocenters. The second kappa shape index (κ2) is 8.12. The number of primary amides is 1. The molecule has 1 amide bonds. The minimum Gasteiger partial charge on any atom is -0.467 e. The molecule has 0 fully saturated rings.